The van der Waals surface area contributed by atoms with E-state index >= 15 is 0 Å². The Hall–Kier alpha value is -1.46. The predicted octanol–water partition coefficient (Wildman–Crippen LogP) is 1.69. The minimum atomic E-state index is -1.02. The van der Waals surface area contributed by atoms with Gasteiger partial charge < -0.3 is 10.8 Å². The number of aromatic nitrogens is 1. The zero-order valence-electron chi connectivity index (χ0n) is 8.10. The smallest absolute Gasteiger partial charge is 0.325 e. The number of hydrogen-bond acceptors (Lipinski definition) is 4. The van der Waals surface area contributed by atoms with E-state index in [1.807, 2.05) is 19.1 Å². The van der Waals surface area contributed by atoms with Crippen LogP contribution in [0.5, 0.6) is 0 Å². The molecule has 0 aliphatic rings. The number of nitrogens with two attached hydrogens (primary N) is 1. The maximum atomic E-state index is 10.8. The van der Waals surface area contributed by atoms with E-state index < -0.39 is 12.0 Å². The van der Waals surface area contributed by atoms with Gasteiger partial charge in [-0.05, 0) is 24.0 Å². The van der Waals surface area contributed by atoms with Crippen LogP contribution in [0.1, 0.15) is 17.3 Å². The first kappa shape index (κ1) is 10.1. The molecule has 0 fully saturated rings. The first-order valence-electron chi connectivity index (χ1n) is 4.44. The van der Waals surface area contributed by atoms with Gasteiger partial charge in [-0.3, -0.25) is 4.79 Å². The van der Waals surface area contributed by atoms with Crippen molar-refractivity contribution in [3.63, 3.8) is 0 Å². The Bertz CT molecular complexity index is 521. The molecule has 0 bridgehead atoms. The third-order valence-corrected chi connectivity index (χ3v) is 3.31. The van der Waals surface area contributed by atoms with Gasteiger partial charge in [-0.25, -0.2) is 0 Å². The topological polar surface area (TPSA) is 76.2 Å². The average molecular weight is 222 g/mol. The van der Waals surface area contributed by atoms with Gasteiger partial charge in [0.05, 0.1) is 10.4 Å². The van der Waals surface area contributed by atoms with Crippen LogP contribution >= 0.6 is 11.5 Å². The number of carboxylic acids is 1. The molecule has 1 atom stereocenters. The summed E-state index contributed by atoms with van der Waals surface area (Å²) in [7, 11) is 0. The maximum Gasteiger partial charge on any atom is 0.325 e. The third-order valence-electron chi connectivity index (χ3n) is 2.31. The van der Waals surface area contributed by atoms with Crippen LogP contribution in [0.2, 0.25) is 0 Å². The molecule has 5 heteroatoms. The van der Waals surface area contributed by atoms with Crippen molar-refractivity contribution in [2.45, 2.75) is 13.0 Å². The van der Waals surface area contributed by atoms with E-state index in [0.717, 1.165) is 15.8 Å². The maximum absolute atomic E-state index is 10.8. The van der Waals surface area contributed by atoms with Gasteiger partial charge in [0, 0.05) is 5.39 Å². The second kappa shape index (κ2) is 3.60. The summed E-state index contributed by atoms with van der Waals surface area (Å²) in [4.78, 5) is 10.8. The molecule has 1 unspecified atom stereocenters. The molecular formula is C10H10N2O2S. The summed E-state index contributed by atoms with van der Waals surface area (Å²) < 4.78 is 5.06. The molecular weight excluding hydrogens is 212 g/mol. The van der Waals surface area contributed by atoms with Crippen LogP contribution in [0.4, 0.5) is 0 Å². The van der Waals surface area contributed by atoms with Gasteiger partial charge >= 0.3 is 5.97 Å². The molecule has 2 rings (SSSR count). The van der Waals surface area contributed by atoms with Crippen molar-refractivity contribution in [2.24, 2.45) is 5.73 Å². The number of carboxylic acid groups (broad SMARTS) is 1. The van der Waals surface area contributed by atoms with Gasteiger partial charge in [0.25, 0.3) is 0 Å². The Morgan fingerprint density at radius 1 is 1.60 bits per heavy atom. The van der Waals surface area contributed by atoms with Gasteiger partial charge in [-0.1, -0.05) is 18.2 Å². The minimum Gasteiger partial charge on any atom is -0.480 e. The molecule has 15 heavy (non-hydrogen) atoms. The van der Waals surface area contributed by atoms with Crippen molar-refractivity contribution >= 4 is 27.6 Å². The number of rotatable bonds is 2. The second-order valence-corrected chi connectivity index (χ2v) is 4.08. The average Bonchev–Trinajstić information content (AvgIpc) is 2.59. The van der Waals surface area contributed by atoms with E-state index in [1.165, 1.54) is 11.5 Å². The molecule has 1 aromatic carbocycles. The Kier molecular flexibility index (Phi) is 2.42. The van der Waals surface area contributed by atoms with E-state index in [1.54, 1.807) is 6.07 Å². The fraction of sp³-hybridized carbons (Fsp3) is 0.200. The molecule has 1 aromatic heterocycles. The van der Waals surface area contributed by atoms with Gasteiger partial charge in [0.1, 0.15) is 6.04 Å². The van der Waals surface area contributed by atoms with Crippen molar-refractivity contribution in [3.8, 4) is 0 Å². The highest BCUT2D eigenvalue weighted by Crippen LogP contribution is 2.28. The number of carbonyl (C=O) groups is 1. The molecule has 0 saturated carbocycles. The quantitative estimate of drug-likeness (QED) is 0.810. The first-order valence-corrected chi connectivity index (χ1v) is 5.22. The lowest BCUT2D eigenvalue weighted by Crippen LogP contribution is -2.20. The van der Waals surface area contributed by atoms with Crippen LogP contribution in [0.15, 0.2) is 18.2 Å². The SMILES string of the molecule is Cc1nsc2c(C(N)C(=O)O)cccc12. The molecule has 2 aromatic rings. The lowest BCUT2D eigenvalue weighted by atomic mass is 10.1. The molecule has 4 nitrogen and oxygen atoms in total. The van der Waals surface area contributed by atoms with Gasteiger partial charge in [0.15, 0.2) is 0 Å². The predicted molar refractivity (Wildman–Crippen MR) is 58.9 cm³/mol. The fourth-order valence-corrected chi connectivity index (χ4v) is 2.42. The van der Waals surface area contributed by atoms with Gasteiger partial charge in [-0.2, -0.15) is 4.37 Å². The molecule has 3 N–H and O–H groups in total. The van der Waals surface area contributed by atoms with Crippen LogP contribution in [-0.4, -0.2) is 15.4 Å². The number of aliphatic carboxylic acids is 1. The van der Waals surface area contributed by atoms with Crippen LogP contribution in [-0.2, 0) is 4.79 Å². The molecule has 0 spiro atoms. The summed E-state index contributed by atoms with van der Waals surface area (Å²) in [5, 5.41) is 9.84. The van der Waals surface area contributed by atoms with E-state index in [2.05, 4.69) is 4.37 Å². The normalized spacial score (nSPS) is 12.9. The molecule has 1 heterocycles. The van der Waals surface area contributed by atoms with Crippen molar-refractivity contribution in [1.82, 2.24) is 4.37 Å². The summed E-state index contributed by atoms with van der Waals surface area (Å²) in [5.74, 6) is -1.02. The molecule has 0 amide bonds. The summed E-state index contributed by atoms with van der Waals surface area (Å²) in [6.45, 7) is 1.90. The number of nitrogens with zero attached hydrogens (tertiary/aromatic N) is 1. The van der Waals surface area contributed by atoms with Crippen molar-refractivity contribution < 1.29 is 9.90 Å². The fourth-order valence-electron chi connectivity index (χ4n) is 1.48. The van der Waals surface area contributed by atoms with E-state index in [-0.39, 0.29) is 0 Å². The van der Waals surface area contributed by atoms with E-state index in [0.29, 0.717) is 5.56 Å². The molecule has 0 aliphatic heterocycles. The molecule has 0 aliphatic carbocycles. The first-order chi connectivity index (χ1) is 7.11. The second-order valence-electron chi connectivity index (χ2n) is 3.31. The van der Waals surface area contributed by atoms with Crippen LogP contribution in [0, 0.1) is 6.92 Å². The van der Waals surface area contributed by atoms with Crippen molar-refractivity contribution in [3.05, 3.63) is 29.5 Å². The van der Waals surface area contributed by atoms with Crippen LogP contribution in [0.3, 0.4) is 0 Å². The number of aryl methyl sites for hydroxylation is 1. The highest BCUT2D eigenvalue weighted by Gasteiger charge is 2.18. The lowest BCUT2D eigenvalue weighted by Gasteiger charge is -2.06. The minimum absolute atomic E-state index is 0.630. The Labute approximate surface area is 90.5 Å². The summed E-state index contributed by atoms with van der Waals surface area (Å²) in [5.41, 5.74) is 7.13. The van der Waals surface area contributed by atoms with E-state index in [4.69, 9.17) is 10.8 Å². The zero-order valence-corrected chi connectivity index (χ0v) is 8.91. The monoisotopic (exact) mass is 222 g/mol. The number of benzene rings is 1. The van der Waals surface area contributed by atoms with Crippen LogP contribution < -0.4 is 5.73 Å². The lowest BCUT2D eigenvalue weighted by molar-refractivity contribution is -0.138. The zero-order chi connectivity index (χ0) is 11.0. The highest BCUT2D eigenvalue weighted by molar-refractivity contribution is 7.13. The van der Waals surface area contributed by atoms with E-state index in [9.17, 15) is 4.79 Å². The highest BCUT2D eigenvalue weighted by atomic mass is 32.1. The Balaban J connectivity index is 2.66. The molecule has 0 saturated heterocycles. The summed E-state index contributed by atoms with van der Waals surface area (Å²) >= 11 is 1.29. The van der Waals surface area contributed by atoms with Crippen molar-refractivity contribution in [1.29, 1.82) is 0 Å². The summed E-state index contributed by atoms with van der Waals surface area (Å²) in [6, 6.07) is 4.49. The largest absolute Gasteiger partial charge is 0.480 e. The van der Waals surface area contributed by atoms with Crippen LogP contribution in [0.25, 0.3) is 10.1 Å². The third kappa shape index (κ3) is 1.60. The number of fused-ring (bicyclic) bond motifs is 1. The number of hydrogen-bond donors (Lipinski definition) is 2. The van der Waals surface area contributed by atoms with Gasteiger partial charge in [-0.15, -0.1) is 0 Å². The van der Waals surface area contributed by atoms with Crippen molar-refractivity contribution in [2.75, 3.05) is 0 Å². The summed E-state index contributed by atoms with van der Waals surface area (Å²) in [6.07, 6.45) is 0. The Morgan fingerprint density at radius 3 is 3.00 bits per heavy atom. The van der Waals surface area contributed by atoms with Gasteiger partial charge in [0.2, 0.25) is 0 Å². The molecule has 0 radical (unpaired) electrons. The molecule has 78 valence electrons. The standard InChI is InChI=1S/C10H10N2O2S/c1-5-6-3-2-4-7(8(11)10(13)14)9(6)15-12-5/h2-4,8H,11H2,1H3,(H,13,14). The Morgan fingerprint density at radius 2 is 2.33 bits per heavy atom.